The van der Waals surface area contributed by atoms with Gasteiger partial charge in [-0.3, -0.25) is 14.2 Å². The molecule has 0 aliphatic heterocycles. The molecule has 0 radical (unpaired) electrons. The lowest BCUT2D eigenvalue weighted by Gasteiger charge is -2.15. The Bertz CT molecular complexity index is 1090. The lowest BCUT2D eigenvalue weighted by molar-refractivity contribution is -0.115. The van der Waals surface area contributed by atoms with Gasteiger partial charge in [0.2, 0.25) is 5.91 Å². The average Bonchev–Trinajstić information content (AvgIpc) is 2.63. The van der Waals surface area contributed by atoms with E-state index in [1.54, 1.807) is 26.1 Å². The molecule has 2 aromatic carbocycles. The number of benzene rings is 2. The summed E-state index contributed by atoms with van der Waals surface area (Å²) >= 11 is 7.35. The van der Waals surface area contributed by atoms with Crippen LogP contribution in [0.2, 0.25) is 5.02 Å². The summed E-state index contributed by atoms with van der Waals surface area (Å²) in [7, 11) is 1.67. The summed E-state index contributed by atoms with van der Waals surface area (Å²) in [5.74, 6) is -0.177. The van der Waals surface area contributed by atoms with Crippen LogP contribution in [0.1, 0.15) is 18.1 Å². The summed E-state index contributed by atoms with van der Waals surface area (Å²) in [5.41, 5.74) is 3.01. The third-order valence-corrected chi connectivity index (χ3v) is 5.92. The maximum Gasteiger partial charge on any atom is 0.261 e. The van der Waals surface area contributed by atoms with Gasteiger partial charge in [0, 0.05) is 17.8 Å². The van der Waals surface area contributed by atoms with Crippen molar-refractivity contribution in [3.05, 3.63) is 62.9 Å². The standard InChI is InChI=1S/C20H20ClN3O2S/c1-11-8-9-17-14(10-11)19(26)24(4)20(23-17)27-13(3)18(25)22-16-7-5-6-15(21)12(16)2/h5-10,13H,1-4H3,(H,22,25). The molecular weight excluding hydrogens is 382 g/mol. The van der Waals surface area contributed by atoms with Gasteiger partial charge in [0.1, 0.15) is 0 Å². The quantitative estimate of drug-likeness (QED) is 0.522. The molecule has 1 unspecified atom stereocenters. The second-order valence-corrected chi connectivity index (χ2v) is 8.16. The van der Waals surface area contributed by atoms with Gasteiger partial charge >= 0.3 is 0 Å². The molecule has 0 aliphatic rings. The number of hydrogen-bond acceptors (Lipinski definition) is 4. The average molecular weight is 402 g/mol. The van der Waals surface area contributed by atoms with Crippen LogP contribution in [0.5, 0.6) is 0 Å². The molecule has 0 saturated heterocycles. The predicted octanol–water partition coefficient (Wildman–Crippen LogP) is 4.32. The second-order valence-electron chi connectivity index (χ2n) is 6.44. The number of carbonyl (C=O) groups excluding carboxylic acids is 1. The van der Waals surface area contributed by atoms with Crippen LogP contribution in [0, 0.1) is 13.8 Å². The molecular formula is C20H20ClN3O2S. The van der Waals surface area contributed by atoms with Crippen molar-refractivity contribution in [3.63, 3.8) is 0 Å². The fourth-order valence-corrected chi connectivity index (χ4v) is 3.71. The first-order valence-corrected chi connectivity index (χ1v) is 9.73. The Morgan fingerprint density at radius 1 is 1.26 bits per heavy atom. The number of anilines is 1. The molecule has 5 nitrogen and oxygen atoms in total. The lowest BCUT2D eigenvalue weighted by Crippen LogP contribution is -2.26. The van der Waals surface area contributed by atoms with E-state index in [2.05, 4.69) is 10.3 Å². The van der Waals surface area contributed by atoms with Crippen LogP contribution >= 0.6 is 23.4 Å². The zero-order valence-electron chi connectivity index (χ0n) is 15.5. The Morgan fingerprint density at radius 2 is 2.00 bits per heavy atom. The number of amides is 1. The molecule has 1 amide bonds. The SMILES string of the molecule is Cc1ccc2nc(SC(C)C(=O)Nc3cccc(Cl)c3C)n(C)c(=O)c2c1. The monoisotopic (exact) mass is 401 g/mol. The van der Waals surface area contributed by atoms with Crippen LogP contribution < -0.4 is 10.9 Å². The summed E-state index contributed by atoms with van der Waals surface area (Å²) in [6.07, 6.45) is 0. The summed E-state index contributed by atoms with van der Waals surface area (Å²) in [6.45, 7) is 5.57. The van der Waals surface area contributed by atoms with Crippen LogP contribution in [0.4, 0.5) is 5.69 Å². The minimum Gasteiger partial charge on any atom is -0.325 e. The highest BCUT2D eigenvalue weighted by molar-refractivity contribution is 8.00. The van der Waals surface area contributed by atoms with E-state index in [1.807, 2.05) is 38.1 Å². The van der Waals surface area contributed by atoms with Crippen molar-refractivity contribution >= 4 is 45.9 Å². The Balaban J connectivity index is 1.85. The highest BCUT2D eigenvalue weighted by atomic mass is 35.5. The number of hydrogen-bond donors (Lipinski definition) is 1. The smallest absolute Gasteiger partial charge is 0.261 e. The highest BCUT2D eigenvalue weighted by Crippen LogP contribution is 2.26. The molecule has 3 rings (SSSR count). The molecule has 1 N–H and O–H groups in total. The lowest BCUT2D eigenvalue weighted by atomic mass is 10.2. The van der Waals surface area contributed by atoms with Crippen LogP contribution in [0.3, 0.4) is 0 Å². The first-order chi connectivity index (χ1) is 12.8. The minimum absolute atomic E-state index is 0.121. The van der Waals surface area contributed by atoms with Crippen LogP contribution in [-0.4, -0.2) is 20.7 Å². The molecule has 0 fully saturated rings. The number of rotatable bonds is 4. The molecule has 0 saturated carbocycles. The molecule has 1 aromatic heterocycles. The number of aromatic nitrogens is 2. The van der Waals surface area contributed by atoms with E-state index in [-0.39, 0.29) is 11.5 Å². The normalized spacial score (nSPS) is 12.2. The van der Waals surface area contributed by atoms with Gasteiger partial charge in [-0.15, -0.1) is 0 Å². The van der Waals surface area contributed by atoms with Crippen molar-refractivity contribution in [2.45, 2.75) is 31.2 Å². The van der Waals surface area contributed by atoms with Crippen molar-refractivity contribution in [3.8, 4) is 0 Å². The maximum atomic E-state index is 12.6. The molecule has 0 bridgehead atoms. The van der Waals surface area contributed by atoms with Crippen LogP contribution in [0.25, 0.3) is 10.9 Å². The number of aryl methyl sites for hydroxylation is 1. The molecule has 0 spiro atoms. The van der Waals surface area contributed by atoms with Gasteiger partial charge in [0.05, 0.1) is 16.2 Å². The number of fused-ring (bicyclic) bond motifs is 1. The predicted molar refractivity (Wildman–Crippen MR) is 112 cm³/mol. The fourth-order valence-electron chi connectivity index (χ4n) is 2.66. The van der Waals surface area contributed by atoms with Gasteiger partial charge in [-0.1, -0.05) is 41.1 Å². The number of halogens is 1. The van der Waals surface area contributed by atoms with Crippen molar-refractivity contribution in [1.82, 2.24) is 9.55 Å². The zero-order valence-corrected chi connectivity index (χ0v) is 17.1. The maximum absolute atomic E-state index is 12.6. The number of nitrogens with one attached hydrogen (secondary N) is 1. The molecule has 1 atom stereocenters. The largest absolute Gasteiger partial charge is 0.325 e. The van der Waals surface area contributed by atoms with Gasteiger partial charge in [-0.25, -0.2) is 4.98 Å². The molecule has 7 heteroatoms. The topological polar surface area (TPSA) is 64.0 Å². The first-order valence-electron chi connectivity index (χ1n) is 8.48. The summed E-state index contributed by atoms with van der Waals surface area (Å²) in [5, 5.41) is 4.13. The van der Waals surface area contributed by atoms with Crippen LogP contribution in [-0.2, 0) is 11.8 Å². The molecule has 27 heavy (non-hydrogen) atoms. The van der Waals surface area contributed by atoms with Crippen molar-refractivity contribution in [2.24, 2.45) is 7.05 Å². The van der Waals surface area contributed by atoms with E-state index in [0.717, 1.165) is 11.1 Å². The summed E-state index contributed by atoms with van der Waals surface area (Å²) < 4.78 is 1.49. The Labute approximate surface area is 166 Å². The third-order valence-electron chi connectivity index (χ3n) is 4.37. The van der Waals surface area contributed by atoms with Gasteiger partial charge in [-0.2, -0.15) is 0 Å². The van der Waals surface area contributed by atoms with E-state index in [4.69, 9.17) is 11.6 Å². The van der Waals surface area contributed by atoms with Crippen LogP contribution in [0.15, 0.2) is 46.3 Å². The Kier molecular flexibility index (Phi) is 5.58. The number of thioether (sulfide) groups is 1. The van der Waals surface area contributed by atoms with Gasteiger partial charge in [-0.05, 0) is 50.6 Å². The fraction of sp³-hybridized carbons (Fsp3) is 0.250. The van der Waals surface area contributed by atoms with Crippen molar-refractivity contribution < 1.29 is 4.79 Å². The summed E-state index contributed by atoms with van der Waals surface area (Å²) in [6, 6.07) is 11.0. The Hall–Kier alpha value is -2.31. The van der Waals surface area contributed by atoms with Gasteiger partial charge in [0.15, 0.2) is 5.16 Å². The first kappa shape index (κ1) is 19.5. The van der Waals surface area contributed by atoms with Gasteiger partial charge in [0.25, 0.3) is 5.56 Å². The highest BCUT2D eigenvalue weighted by Gasteiger charge is 2.19. The number of nitrogens with zero attached hydrogens (tertiary/aromatic N) is 2. The van der Waals surface area contributed by atoms with Crippen molar-refractivity contribution in [1.29, 1.82) is 0 Å². The molecule has 140 valence electrons. The van der Waals surface area contributed by atoms with E-state index in [9.17, 15) is 9.59 Å². The van der Waals surface area contributed by atoms with E-state index in [0.29, 0.717) is 26.8 Å². The third kappa shape index (κ3) is 4.01. The molecule has 0 aliphatic carbocycles. The van der Waals surface area contributed by atoms with E-state index >= 15 is 0 Å². The van der Waals surface area contributed by atoms with Gasteiger partial charge < -0.3 is 5.32 Å². The second kappa shape index (κ2) is 7.74. The van der Waals surface area contributed by atoms with E-state index < -0.39 is 5.25 Å². The zero-order chi connectivity index (χ0) is 19.7. The summed E-state index contributed by atoms with van der Waals surface area (Å²) in [4.78, 5) is 29.8. The Morgan fingerprint density at radius 3 is 2.74 bits per heavy atom. The van der Waals surface area contributed by atoms with Crippen molar-refractivity contribution in [2.75, 3.05) is 5.32 Å². The number of carbonyl (C=O) groups is 1. The minimum atomic E-state index is -0.440. The molecule has 3 aromatic rings. The van der Waals surface area contributed by atoms with E-state index in [1.165, 1.54) is 16.3 Å². The molecule has 1 heterocycles.